The molecule has 0 bridgehead atoms. The zero-order valence-electron chi connectivity index (χ0n) is 14.4. The maximum atomic E-state index is 12.1. The van der Waals surface area contributed by atoms with Crippen molar-refractivity contribution in [3.63, 3.8) is 0 Å². The number of aromatic nitrogens is 4. The van der Waals surface area contributed by atoms with Gasteiger partial charge in [0.25, 0.3) is 0 Å². The van der Waals surface area contributed by atoms with E-state index in [4.69, 9.17) is 9.90 Å². The average molecular weight is 383 g/mol. The Bertz CT molecular complexity index is 962. The number of alkyl halides is 3. The maximum absolute atomic E-state index is 12.1. The largest absolute Gasteiger partial charge is 0.490 e. The highest BCUT2D eigenvalue weighted by Gasteiger charge is 2.38. The van der Waals surface area contributed by atoms with Crippen molar-refractivity contribution in [3.8, 4) is 0 Å². The van der Waals surface area contributed by atoms with Gasteiger partial charge >= 0.3 is 12.1 Å². The number of aliphatic carboxylic acids is 1. The van der Waals surface area contributed by atoms with E-state index in [1.54, 1.807) is 21.6 Å². The van der Waals surface area contributed by atoms with Gasteiger partial charge in [0.05, 0.1) is 5.52 Å². The first kappa shape index (κ1) is 19.9. The number of imidazole rings is 1. The Kier molecular flexibility index (Phi) is 5.83. The molecule has 11 heteroatoms. The van der Waals surface area contributed by atoms with E-state index in [2.05, 4.69) is 15.4 Å². The number of para-hydroxylation sites is 1. The van der Waals surface area contributed by atoms with E-state index < -0.39 is 12.1 Å². The number of rotatable bonds is 3. The van der Waals surface area contributed by atoms with Gasteiger partial charge in [0.1, 0.15) is 12.4 Å². The number of hydrogen-bond donors (Lipinski definition) is 2. The van der Waals surface area contributed by atoms with Gasteiger partial charge in [-0.1, -0.05) is 12.1 Å². The second-order valence-electron chi connectivity index (χ2n) is 5.44. The van der Waals surface area contributed by atoms with Gasteiger partial charge in [-0.05, 0) is 19.1 Å². The van der Waals surface area contributed by atoms with Crippen molar-refractivity contribution in [2.24, 2.45) is 7.05 Å². The number of amides is 1. The number of aryl methyl sites for hydroxylation is 2. The van der Waals surface area contributed by atoms with Crippen LogP contribution in [-0.4, -0.2) is 42.5 Å². The molecule has 0 saturated carbocycles. The zero-order chi connectivity index (χ0) is 20.2. The summed E-state index contributed by atoms with van der Waals surface area (Å²) in [7, 11) is 1.86. The minimum absolute atomic E-state index is 0.116. The zero-order valence-corrected chi connectivity index (χ0v) is 14.4. The van der Waals surface area contributed by atoms with E-state index >= 15 is 0 Å². The van der Waals surface area contributed by atoms with Crippen LogP contribution in [0.25, 0.3) is 10.9 Å². The average Bonchev–Trinajstić information content (AvgIpc) is 3.12. The van der Waals surface area contributed by atoms with E-state index in [1.807, 2.05) is 38.2 Å². The molecule has 1 aromatic carbocycles. The molecule has 8 nitrogen and oxygen atoms in total. The van der Waals surface area contributed by atoms with Gasteiger partial charge < -0.3 is 15.0 Å². The number of hydrogen-bond acceptors (Lipinski definition) is 4. The lowest BCUT2D eigenvalue weighted by Crippen LogP contribution is -2.21. The molecule has 2 aromatic heterocycles. The van der Waals surface area contributed by atoms with Crippen LogP contribution < -0.4 is 5.32 Å². The molecule has 0 aliphatic heterocycles. The lowest BCUT2D eigenvalue weighted by Gasteiger charge is -2.05. The molecular weight excluding hydrogens is 367 g/mol. The Morgan fingerprint density at radius 3 is 2.44 bits per heavy atom. The number of carbonyl (C=O) groups is 2. The van der Waals surface area contributed by atoms with Crippen LogP contribution in [-0.2, 0) is 23.2 Å². The van der Waals surface area contributed by atoms with Crippen molar-refractivity contribution in [2.75, 3.05) is 5.32 Å². The van der Waals surface area contributed by atoms with Crippen LogP contribution in [0.4, 0.5) is 19.0 Å². The van der Waals surface area contributed by atoms with E-state index in [9.17, 15) is 18.0 Å². The summed E-state index contributed by atoms with van der Waals surface area (Å²) >= 11 is 0. The van der Waals surface area contributed by atoms with Gasteiger partial charge in [0.15, 0.2) is 5.82 Å². The number of benzene rings is 1. The fourth-order valence-electron chi connectivity index (χ4n) is 2.20. The molecule has 3 rings (SSSR count). The third-order valence-corrected chi connectivity index (χ3v) is 3.50. The van der Waals surface area contributed by atoms with Gasteiger partial charge in [0.2, 0.25) is 5.91 Å². The molecule has 0 aliphatic carbocycles. The van der Waals surface area contributed by atoms with Crippen molar-refractivity contribution >= 4 is 28.6 Å². The van der Waals surface area contributed by atoms with Crippen molar-refractivity contribution in [2.45, 2.75) is 19.6 Å². The van der Waals surface area contributed by atoms with Gasteiger partial charge in [-0.2, -0.15) is 18.3 Å². The molecule has 0 atom stereocenters. The van der Waals surface area contributed by atoms with E-state index in [0.717, 1.165) is 16.7 Å². The number of carbonyl (C=O) groups excluding carboxylic acids is 1. The number of halogens is 3. The van der Waals surface area contributed by atoms with Gasteiger partial charge in [-0.15, -0.1) is 0 Å². The minimum atomic E-state index is -5.08. The lowest BCUT2D eigenvalue weighted by molar-refractivity contribution is -0.192. The van der Waals surface area contributed by atoms with Crippen LogP contribution in [0.3, 0.4) is 0 Å². The number of nitrogens with zero attached hydrogens (tertiary/aromatic N) is 4. The SMILES string of the molecule is Cc1nccn1CC(=O)Nc1nn(C)c2ccccc12.O=C(O)C(F)(F)F. The second-order valence-corrected chi connectivity index (χ2v) is 5.44. The van der Waals surface area contributed by atoms with E-state index in [1.165, 1.54) is 0 Å². The lowest BCUT2D eigenvalue weighted by atomic mass is 10.2. The third kappa shape index (κ3) is 5.06. The Morgan fingerprint density at radius 2 is 1.89 bits per heavy atom. The number of anilines is 1. The summed E-state index contributed by atoms with van der Waals surface area (Å²) in [5.74, 6) is -1.47. The van der Waals surface area contributed by atoms with Gasteiger partial charge in [-0.3, -0.25) is 9.48 Å². The predicted molar refractivity (Wildman–Crippen MR) is 90.0 cm³/mol. The molecule has 2 N–H and O–H groups in total. The molecule has 3 aromatic rings. The molecule has 0 fully saturated rings. The normalized spacial score (nSPS) is 11.0. The van der Waals surface area contributed by atoms with Crippen molar-refractivity contribution < 1.29 is 27.9 Å². The fraction of sp³-hybridized carbons (Fsp3) is 0.250. The highest BCUT2D eigenvalue weighted by molar-refractivity contribution is 5.99. The molecule has 1 amide bonds. The monoisotopic (exact) mass is 383 g/mol. The first-order valence-electron chi connectivity index (χ1n) is 7.59. The van der Waals surface area contributed by atoms with Crippen LogP contribution in [0.5, 0.6) is 0 Å². The van der Waals surface area contributed by atoms with E-state index in [0.29, 0.717) is 5.82 Å². The molecule has 0 spiro atoms. The predicted octanol–water partition coefficient (Wildman–Crippen LogP) is 2.35. The second kappa shape index (κ2) is 7.89. The fourth-order valence-corrected chi connectivity index (χ4v) is 2.20. The summed E-state index contributed by atoms with van der Waals surface area (Å²) in [5, 5.41) is 15.3. The summed E-state index contributed by atoms with van der Waals surface area (Å²) in [4.78, 5) is 25.1. The van der Waals surface area contributed by atoms with Crippen LogP contribution in [0.15, 0.2) is 36.7 Å². The summed E-state index contributed by atoms with van der Waals surface area (Å²) in [6, 6.07) is 7.79. The Labute approximate surface area is 151 Å². The smallest absolute Gasteiger partial charge is 0.475 e. The van der Waals surface area contributed by atoms with Crippen LogP contribution in [0, 0.1) is 6.92 Å². The van der Waals surface area contributed by atoms with Crippen molar-refractivity contribution in [1.82, 2.24) is 19.3 Å². The van der Waals surface area contributed by atoms with Crippen molar-refractivity contribution in [1.29, 1.82) is 0 Å². The number of fused-ring (bicyclic) bond motifs is 1. The third-order valence-electron chi connectivity index (χ3n) is 3.50. The number of carboxylic acids is 1. The van der Waals surface area contributed by atoms with Gasteiger partial charge in [-0.25, -0.2) is 9.78 Å². The van der Waals surface area contributed by atoms with Crippen LogP contribution in [0.1, 0.15) is 5.82 Å². The standard InChI is InChI=1S/C14H15N5O.C2HF3O2/c1-10-15-7-8-19(10)9-13(20)16-14-11-5-3-4-6-12(11)18(2)17-14;3-2(4,5)1(6)7/h3-8H,9H2,1-2H3,(H,16,17,20);(H,6,7). The molecule has 144 valence electrons. The Hall–Kier alpha value is -3.37. The highest BCUT2D eigenvalue weighted by atomic mass is 19.4. The highest BCUT2D eigenvalue weighted by Crippen LogP contribution is 2.21. The van der Waals surface area contributed by atoms with Gasteiger partial charge in [0, 0.05) is 24.8 Å². The van der Waals surface area contributed by atoms with Crippen molar-refractivity contribution in [3.05, 3.63) is 42.5 Å². The van der Waals surface area contributed by atoms with Crippen LogP contribution in [0.2, 0.25) is 0 Å². The first-order valence-corrected chi connectivity index (χ1v) is 7.59. The number of carboxylic acid groups (broad SMARTS) is 1. The molecule has 0 saturated heterocycles. The van der Waals surface area contributed by atoms with E-state index in [-0.39, 0.29) is 12.5 Å². The first-order chi connectivity index (χ1) is 12.6. The molecule has 0 aliphatic rings. The van der Waals surface area contributed by atoms with Crippen LogP contribution >= 0.6 is 0 Å². The molecule has 0 radical (unpaired) electrons. The quantitative estimate of drug-likeness (QED) is 0.723. The molecule has 0 unspecified atom stereocenters. The summed E-state index contributed by atoms with van der Waals surface area (Å²) in [5.41, 5.74) is 0.988. The summed E-state index contributed by atoms with van der Waals surface area (Å²) in [6.07, 6.45) is -1.62. The molecule has 27 heavy (non-hydrogen) atoms. The molecule has 2 heterocycles. The Morgan fingerprint density at radius 1 is 1.26 bits per heavy atom. The minimum Gasteiger partial charge on any atom is -0.475 e. The maximum Gasteiger partial charge on any atom is 0.490 e. The topological polar surface area (TPSA) is 102 Å². The number of nitrogens with one attached hydrogen (secondary N) is 1. The summed E-state index contributed by atoms with van der Waals surface area (Å²) in [6.45, 7) is 2.10. The Balaban J connectivity index is 0.000000321. The molecular formula is C16H16F3N5O3. The summed E-state index contributed by atoms with van der Waals surface area (Å²) < 4.78 is 35.3.